The summed E-state index contributed by atoms with van der Waals surface area (Å²) in [7, 11) is -1.11. The Kier molecular flexibility index (Phi) is 2.79. The first-order chi connectivity index (χ1) is 8.97. The molecular formula is C17H20OSi. The first kappa shape index (κ1) is 12.5. The molecule has 0 atom stereocenters. The Balaban J connectivity index is 2.20. The van der Waals surface area contributed by atoms with E-state index >= 15 is 0 Å². The van der Waals surface area contributed by atoms with E-state index in [1.54, 1.807) is 0 Å². The summed E-state index contributed by atoms with van der Waals surface area (Å²) in [5.41, 5.74) is 5.36. The fraction of sp³-hybridized carbons (Fsp3) is 0.294. The second-order valence-corrected chi connectivity index (χ2v) is 8.46. The van der Waals surface area contributed by atoms with E-state index in [9.17, 15) is 0 Å². The van der Waals surface area contributed by atoms with E-state index in [0.717, 1.165) is 11.5 Å². The van der Waals surface area contributed by atoms with Gasteiger partial charge in [-0.1, -0.05) is 18.7 Å². The molecule has 0 aromatic heterocycles. The van der Waals surface area contributed by atoms with Crippen LogP contribution in [0, 0.1) is 27.7 Å². The first-order valence-electron chi connectivity index (χ1n) is 6.87. The van der Waals surface area contributed by atoms with Gasteiger partial charge in [-0.2, -0.15) is 0 Å². The Morgan fingerprint density at radius 2 is 1.05 bits per heavy atom. The highest BCUT2D eigenvalue weighted by Gasteiger charge is 2.26. The number of hydrogen-bond acceptors (Lipinski definition) is 1. The molecule has 0 saturated carbocycles. The van der Waals surface area contributed by atoms with Crippen molar-refractivity contribution >= 4 is 19.2 Å². The maximum atomic E-state index is 6.15. The molecule has 1 nitrogen and oxygen atoms in total. The van der Waals surface area contributed by atoms with Crippen molar-refractivity contribution in [2.75, 3.05) is 0 Å². The van der Waals surface area contributed by atoms with E-state index in [-0.39, 0.29) is 0 Å². The van der Waals surface area contributed by atoms with Crippen LogP contribution < -0.4 is 15.1 Å². The molecule has 0 amide bonds. The van der Waals surface area contributed by atoms with Crippen LogP contribution in [0.5, 0.6) is 11.5 Å². The average Bonchev–Trinajstić information content (AvgIpc) is 2.35. The normalized spacial score (nSPS) is 13.7. The van der Waals surface area contributed by atoms with Crippen molar-refractivity contribution in [2.45, 2.75) is 34.2 Å². The predicted molar refractivity (Wildman–Crippen MR) is 84.2 cm³/mol. The summed E-state index contributed by atoms with van der Waals surface area (Å²) in [6.45, 7) is 11.1. The Morgan fingerprint density at radius 1 is 0.684 bits per heavy atom. The van der Waals surface area contributed by atoms with Gasteiger partial charge >= 0.3 is 0 Å². The minimum absolute atomic E-state index is 1.08. The third-order valence-electron chi connectivity index (χ3n) is 4.41. The Morgan fingerprint density at radius 3 is 1.47 bits per heavy atom. The summed E-state index contributed by atoms with van der Waals surface area (Å²) in [5, 5.41) is 2.89. The van der Waals surface area contributed by atoms with Gasteiger partial charge in [-0.15, -0.1) is 0 Å². The van der Waals surface area contributed by atoms with Gasteiger partial charge in [0.2, 0.25) is 0 Å². The standard InChI is InChI=1S/C17H20OSi/c1-10-6-14-16(8-12(10)3)19(5)17-9-13(4)11(2)7-15(17)18-14/h6-9,19H,1-5H3. The van der Waals surface area contributed by atoms with E-state index < -0.39 is 8.80 Å². The van der Waals surface area contributed by atoms with Crippen LogP contribution in [0.1, 0.15) is 22.3 Å². The number of ether oxygens (including phenoxy) is 1. The summed E-state index contributed by atoms with van der Waals surface area (Å²) in [5.74, 6) is 2.16. The van der Waals surface area contributed by atoms with Gasteiger partial charge in [0.05, 0.1) is 0 Å². The summed E-state index contributed by atoms with van der Waals surface area (Å²) in [4.78, 5) is 0. The molecule has 0 spiro atoms. The van der Waals surface area contributed by atoms with E-state index in [1.165, 1.54) is 32.6 Å². The molecule has 0 aliphatic carbocycles. The Labute approximate surface area is 116 Å². The van der Waals surface area contributed by atoms with Gasteiger partial charge in [0.1, 0.15) is 20.3 Å². The van der Waals surface area contributed by atoms with E-state index in [1.807, 2.05) is 0 Å². The van der Waals surface area contributed by atoms with Gasteiger partial charge in [0.15, 0.2) is 0 Å². The van der Waals surface area contributed by atoms with Crippen molar-refractivity contribution in [1.29, 1.82) is 0 Å². The first-order valence-corrected chi connectivity index (χ1v) is 9.18. The van der Waals surface area contributed by atoms with Crippen molar-refractivity contribution in [3.05, 3.63) is 46.5 Å². The summed E-state index contributed by atoms with van der Waals surface area (Å²) in [6, 6.07) is 9.07. The van der Waals surface area contributed by atoms with Crippen LogP contribution in [0.3, 0.4) is 0 Å². The quantitative estimate of drug-likeness (QED) is 0.667. The van der Waals surface area contributed by atoms with Crippen LogP contribution in [0.2, 0.25) is 6.55 Å². The third kappa shape index (κ3) is 1.91. The second-order valence-electron chi connectivity index (χ2n) is 5.77. The molecule has 0 unspecified atom stereocenters. The van der Waals surface area contributed by atoms with Gasteiger partial charge in [-0.05, 0) is 72.5 Å². The lowest BCUT2D eigenvalue weighted by Crippen LogP contribution is -2.44. The maximum absolute atomic E-state index is 6.15. The molecule has 2 aromatic rings. The number of aryl methyl sites for hydroxylation is 4. The summed E-state index contributed by atoms with van der Waals surface area (Å²) >= 11 is 0. The lowest BCUT2D eigenvalue weighted by Gasteiger charge is -2.27. The molecule has 1 aliphatic rings. The lowest BCUT2D eigenvalue weighted by atomic mass is 10.1. The lowest BCUT2D eigenvalue weighted by molar-refractivity contribution is 0.486. The van der Waals surface area contributed by atoms with Gasteiger partial charge in [0.25, 0.3) is 0 Å². The SMILES string of the molecule is Cc1cc2c(cc1C)[SiH](C)c1cc(C)c(C)cc1O2. The topological polar surface area (TPSA) is 9.23 Å². The van der Waals surface area contributed by atoms with Gasteiger partial charge in [0, 0.05) is 0 Å². The van der Waals surface area contributed by atoms with Crippen LogP contribution >= 0.6 is 0 Å². The molecule has 19 heavy (non-hydrogen) atoms. The highest BCUT2D eigenvalue weighted by molar-refractivity contribution is 6.85. The molecule has 0 fully saturated rings. The van der Waals surface area contributed by atoms with Crippen LogP contribution in [-0.2, 0) is 0 Å². The molecule has 3 rings (SSSR count). The average molecular weight is 268 g/mol. The monoisotopic (exact) mass is 268 g/mol. The molecule has 1 heterocycles. The fourth-order valence-electron chi connectivity index (χ4n) is 2.76. The Bertz CT molecular complexity index is 616. The van der Waals surface area contributed by atoms with Crippen LogP contribution in [0.15, 0.2) is 24.3 Å². The zero-order valence-electron chi connectivity index (χ0n) is 12.3. The van der Waals surface area contributed by atoms with E-state index in [2.05, 4.69) is 58.5 Å². The van der Waals surface area contributed by atoms with Gasteiger partial charge in [-0.3, -0.25) is 0 Å². The number of fused-ring (bicyclic) bond motifs is 2. The largest absolute Gasteiger partial charge is 0.458 e. The van der Waals surface area contributed by atoms with Crippen LogP contribution in [0.25, 0.3) is 0 Å². The van der Waals surface area contributed by atoms with Crippen molar-refractivity contribution in [3.63, 3.8) is 0 Å². The van der Waals surface area contributed by atoms with Crippen molar-refractivity contribution < 1.29 is 4.74 Å². The summed E-state index contributed by atoms with van der Waals surface area (Å²) in [6.07, 6.45) is 0. The molecule has 0 radical (unpaired) electrons. The van der Waals surface area contributed by atoms with Gasteiger partial charge in [-0.25, -0.2) is 0 Å². The van der Waals surface area contributed by atoms with Crippen molar-refractivity contribution in [2.24, 2.45) is 0 Å². The molecular weight excluding hydrogens is 248 g/mol. The summed E-state index contributed by atoms with van der Waals surface area (Å²) < 4.78 is 6.15. The maximum Gasteiger partial charge on any atom is 0.127 e. The zero-order chi connectivity index (χ0) is 13.7. The number of hydrogen-bond donors (Lipinski definition) is 0. The van der Waals surface area contributed by atoms with Crippen molar-refractivity contribution in [1.82, 2.24) is 0 Å². The molecule has 2 heteroatoms. The van der Waals surface area contributed by atoms with Gasteiger partial charge < -0.3 is 4.74 Å². The highest BCUT2D eigenvalue weighted by Crippen LogP contribution is 2.28. The fourth-order valence-corrected chi connectivity index (χ4v) is 5.24. The third-order valence-corrected chi connectivity index (χ3v) is 7.17. The predicted octanol–water partition coefficient (Wildman–Crippen LogP) is 3.00. The Hall–Kier alpha value is -1.54. The molecule has 0 bridgehead atoms. The van der Waals surface area contributed by atoms with Crippen LogP contribution in [-0.4, -0.2) is 8.80 Å². The molecule has 2 aromatic carbocycles. The van der Waals surface area contributed by atoms with E-state index in [4.69, 9.17) is 4.74 Å². The van der Waals surface area contributed by atoms with Crippen LogP contribution in [0.4, 0.5) is 0 Å². The minimum atomic E-state index is -1.11. The number of rotatable bonds is 0. The molecule has 98 valence electrons. The second kappa shape index (κ2) is 4.24. The van der Waals surface area contributed by atoms with E-state index in [0.29, 0.717) is 0 Å². The smallest absolute Gasteiger partial charge is 0.127 e. The minimum Gasteiger partial charge on any atom is -0.458 e. The van der Waals surface area contributed by atoms with Crippen molar-refractivity contribution in [3.8, 4) is 11.5 Å². The highest BCUT2D eigenvalue weighted by atomic mass is 28.3. The molecule has 0 saturated heterocycles. The number of benzene rings is 2. The zero-order valence-corrected chi connectivity index (χ0v) is 13.4. The molecule has 0 N–H and O–H groups in total. The molecule has 1 aliphatic heterocycles.